The molecule has 17 heteroatoms. The van der Waals surface area contributed by atoms with Crippen LogP contribution in [0.4, 0.5) is 5.82 Å². The summed E-state index contributed by atoms with van der Waals surface area (Å²) in [6.07, 6.45) is -0.460. The SMILES string of the molecule is COCCOC1C(OP(CC(=O)OC(C)(C)CC#N)N(C(C)C)C(C)C)[C@@H](COC(c2ccccc2)(c2ccc(OC)cc2)c2ccc(OC)cc2)O[C@H]1n1cnc2c(N)ncnc21. The number of anilines is 1. The molecule has 0 amide bonds. The number of nitrogens with zero attached hydrogens (tertiary/aromatic N) is 6. The van der Waals surface area contributed by atoms with Gasteiger partial charge in [0.25, 0.3) is 0 Å². The first-order chi connectivity index (χ1) is 30.8. The number of carbonyl (C=O) groups is 1. The highest BCUT2D eigenvalue weighted by Crippen LogP contribution is 2.51. The second kappa shape index (κ2) is 21.6. The number of imidazole rings is 1. The lowest BCUT2D eigenvalue weighted by molar-refractivity contribution is -0.152. The molecule has 3 aromatic carbocycles. The quantitative estimate of drug-likeness (QED) is 0.0313. The smallest absolute Gasteiger partial charge is 0.314 e. The molecule has 0 radical (unpaired) electrons. The number of fused-ring (bicyclic) bond motifs is 1. The van der Waals surface area contributed by atoms with Gasteiger partial charge in [-0.2, -0.15) is 5.26 Å². The molecule has 3 unspecified atom stereocenters. The molecule has 64 heavy (non-hydrogen) atoms. The molecule has 1 fully saturated rings. The van der Waals surface area contributed by atoms with Gasteiger partial charge in [-0.25, -0.2) is 15.0 Å². The average molecular weight is 898 g/mol. The van der Waals surface area contributed by atoms with Gasteiger partial charge in [0.05, 0.1) is 52.9 Å². The summed E-state index contributed by atoms with van der Waals surface area (Å²) in [4.78, 5) is 27.2. The Labute approximate surface area is 376 Å². The van der Waals surface area contributed by atoms with Crippen LogP contribution in [0.15, 0.2) is 91.5 Å². The molecule has 0 spiro atoms. The summed E-state index contributed by atoms with van der Waals surface area (Å²) in [5.74, 6) is 1.09. The van der Waals surface area contributed by atoms with Crippen LogP contribution >= 0.6 is 8.30 Å². The monoisotopic (exact) mass is 897 g/mol. The first-order valence-corrected chi connectivity index (χ1v) is 22.7. The number of nitriles is 1. The molecular formula is C47H60N7O9P. The van der Waals surface area contributed by atoms with E-state index in [4.69, 9.17) is 43.4 Å². The lowest BCUT2D eigenvalue weighted by Crippen LogP contribution is -2.43. The number of esters is 1. The molecule has 1 aliphatic heterocycles. The molecule has 3 heterocycles. The summed E-state index contributed by atoms with van der Waals surface area (Å²) < 4.78 is 55.1. The lowest BCUT2D eigenvalue weighted by atomic mass is 9.80. The third-order valence-corrected chi connectivity index (χ3v) is 13.4. The number of aromatic nitrogens is 4. The van der Waals surface area contributed by atoms with Crippen molar-refractivity contribution in [1.29, 1.82) is 5.26 Å². The van der Waals surface area contributed by atoms with Crippen molar-refractivity contribution in [1.82, 2.24) is 24.2 Å². The number of nitrogen functional groups attached to an aromatic ring is 1. The summed E-state index contributed by atoms with van der Waals surface area (Å²) in [6.45, 7) is 12.1. The first kappa shape index (κ1) is 48.2. The Morgan fingerprint density at radius 3 is 2.05 bits per heavy atom. The molecule has 2 N–H and O–H groups in total. The Hall–Kier alpha value is -5.24. The second-order valence-electron chi connectivity index (χ2n) is 16.5. The van der Waals surface area contributed by atoms with Crippen molar-refractivity contribution in [2.45, 2.75) is 95.8 Å². The third-order valence-electron chi connectivity index (χ3n) is 10.9. The number of rotatable bonds is 22. The van der Waals surface area contributed by atoms with Gasteiger partial charge in [-0.3, -0.25) is 14.0 Å². The number of benzene rings is 3. The Balaban J connectivity index is 1.51. The van der Waals surface area contributed by atoms with Gasteiger partial charge in [-0.1, -0.05) is 54.6 Å². The summed E-state index contributed by atoms with van der Waals surface area (Å²) in [5.41, 5.74) is 7.41. The summed E-state index contributed by atoms with van der Waals surface area (Å²) in [6, 6.07) is 27.6. The van der Waals surface area contributed by atoms with Crippen molar-refractivity contribution in [3.63, 3.8) is 0 Å². The topological polar surface area (TPSA) is 188 Å². The molecule has 0 bridgehead atoms. The fraction of sp³-hybridized carbons (Fsp3) is 0.468. The number of ether oxygens (including phenoxy) is 7. The van der Waals surface area contributed by atoms with Gasteiger partial charge in [0.15, 0.2) is 17.7 Å². The summed E-state index contributed by atoms with van der Waals surface area (Å²) in [5, 5.41) is 9.47. The van der Waals surface area contributed by atoms with Crippen molar-refractivity contribution in [2.24, 2.45) is 0 Å². The molecular weight excluding hydrogens is 838 g/mol. The maximum absolute atomic E-state index is 13.9. The van der Waals surface area contributed by atoms with E-state index in [1.165, 1.54) is 6.33 Å². The Kier molecular flexibility index (Phi) is 16.3. The van der Waals surface area contributed by atoms with Crippen LogP contribution in [-0.4, -0.2) is 113 Å². The zero-order chi connectivity index (χ0) is 46.0. The highest BCUT2D eigenvalue weighted by Gasteiger charge is 2.51. The zero-order valence-corrected chi connectivity index (χ0v) is 38.9. The van der Waals surface area contributed by atoms with Gasteiger partial charge in [0.1, 0.15) is 67.3 Å². The number of carbonyl (C=O) groups excluding carboxylic acids is 1. The number of hydrogen-bond donors (Lipinski definition) is 1. The normalized spacial score (nSPS) is 18.4. The van der Waals surface area contributed by atoms with E-state index in [2.05, 4.69) is 53.4 Å². The molecule has 342 valence electrons. The van der Waals surface area contributed by atoms with Crippen LogP contribution in [0.1, 0.15) is 70.9 Å². The average Bonchev–Trinajstić information content (AvgIpc) is 3.86. The van der Waals surface area contributed by atoms with Gasteiger partial charge < -0.3 is 43.4 Å². The van der Waals surface area contributed by atoms with Gasteiger partial charge in [-0.15, -0.1) is 0 Å². The van der Waals surface area contributed by atoms with Crippen LogP contribution in [0.25, 0.3) is 11.2 Å². The van der Waals surface area contributed by atoms with Gasteiger partial charge in [0, 0.05) is 19.2 Å². The van der Waals surface area contributed by atoms with E-state index in [9.17, 15) is 10.1 Å². The van der Waals surface area contributed by atoms with Crippen molar-refractivity contribution >= 4 is 31.3 Å². The van der Waals surface area contributed by atoms with Gasteiger partial charge >= 0.3 is 5.97 Å². The second-order valence-corrected chi connectivity index (χ2v) is 18.2. The number of methoxy groups -OCH3 is 3. The summed E-state index contributed by atoms with van der Waals surface area (Å²) in [7, 11) is 3.10. The first-order valence-electron chi connectivity index (χ1n) is 21.3. The van der Waals surface area contributed by atoms with Crippen LogP contribution in [0.3, 0.4) is 0 Å². The predicted octanol–water partition coefficient (Wildman–Crippen LogP) is 7.41. The molecule has 5 aromatic rings. The van der Waals surface area contributed by atoms with E-state index in [1.807, 2.05) is 78.9 Å². The van der Waals surface area contributed by atoms with Crippen LogP contribution in [0, 0.1) is 11.3 Å². The van der Waals surface area contributed by atoms with Crippen LogP contribution in [0.5, 0.6) is 11.5 Å². The zero-order valence-electron chi connectivity index (χ0n) is 38.0. The molecule has 1 aliphatic rings. The highest BCUT2D eigenvalue weighted by molar-refractivity contribution is 7.51. The minimum Gasteiger partial charge on any atom is -0.497 e. The van der Waals surface area contributed by atoms with E-state index in [1.54, 1.807) is 46.1 Å². The Morgan fingerprint density at radius 1 is 0.875 bits per heavy atom. The van der Waals surface area contributed by atoms with E-state index < -0.39 is 50.0 Å². The molecule has 2 aromatic heterocycles. The maximum Gasteiger partial charge on any atom is 0.314 e. The maximum atomic E-state index is 13.9. The number of nitrogens with two attached hydrogens (primary N) is 1. The largest absolute Gasteiger partial charge is 0.497 e. The molecule has 0 saturated carbocycles. The predicted molar refractivity (Wildman–Crippen MR) is 243 cm³/mol. The van der Waals surface area contributed by atoms with Crippen LogP contribution in [0.2, 0.25) is 0 Å². The van der Waals surface area contributed by atoms with Crippen molar-refractivity contribution in [3.8, 4) is 17.6 Å². The summed E-state index contributed by atoms with van der Waals surface area (Å²) >= 11 is 0. The van der Waals surface area contributed by atoms with E-state index in [0.29, 0.717) is 22.7 Å². The standard InChI is InChI=1S/C47H60N7O9P/c1-31(2)54(32(3)4)64(28-39(55)62-46(5,6)23-24-48)63-41-38(61-45(42(41)59-26-25-56-7)53-30-52-40-43(49)50-29-51-44(40)53)27-60-47(33-13-11-10-12-14-33,34-15-19-36(57-8)20-16-34)35-17-21-37(58-9)22-18-35/h10-22,29-32,38,41-42,45H,23,25-28H2,1-9H3,(H2,49,50,51)/t38-,41?,42?,45-,64?/m1/s1. The van der Waals surface area contributed by atoms with Crippen molar-refractivity contribution in [2.75, 3.05) is 53.0 Å². The highest BCUT2D eigenvalue weighted by atomic mass is 31.2. The van der Waals surface area contributed by atoms with Gasteiger partial charge in [-0.05, 0) is 82.5 Å². The van der Waals surface area contributed by atoms with E-state index in [0.717, 1.165) is 16.7 Å². The van der Waals surface area contributed by atoms with Crippen molar-refractivity contribution < 1.29 is 42.5 Å². The van der Waals surface area contributed by atoms with Gasteiger partial charge in [0.2, 0.25) is 0 Å². The Morgan fingerprint density at radius 2 is 1.48 bits per heavy atom. The molecule has 16 nitrogen and oxygen atoms in total. The van der Waals surface area contributed by atoms with Crippen molar-refractivity contribution in [3.05, 3.63) is 108 Å². The minimum atomic E-state index is -1.75. The van der Waals surface area contributed by atoms with Crippen LogP contribution < -0.4 is 15.2 Å². The van der Waals surface area contributed by atoms with E-state index in [-0.39, 0.29) is 50.3 Å². The fourth-order valence-corrected chi connectivity index (χ4v) is 10.3. The molecule has 1 saturated heterocycles. The molecule has 6 rings (SSSR count). The molecule has 5 atom stereocenters. The third kappa shape index (κ3) is 10.8. The van der Waals surface area contributed by atoms with Crippen LogP contribution in [-0.2, 0) is 38.6 Å². The fourth-order valence-electron chi connectivity index (χ4n) is 8.08. The minimum absolute atomic E-state index is 0.0288. The van der Waals surface area contributed by atoms with E-state index >= 15 is 0 Å². The Bertz CT molecular complexity index is 2250. The number of hydrogen-bond acceptors (Lipinski definition) is 15. The lowest BCUT2D eigenvalue weighted by Gasteiger charge is -2.40. The molecule has 0 aliphatic carbocycles.